The summed E-state index contributed by atoms with van der Waals surface area (Å²) in [5.74, 6) is 0.810. The largest absolute Gasteiger partial charge is 0.387 e. The molecule has 0 bridgehead atoms. The van der Waals surface area contributed by atoms with Crippen LogP contribution in [0.3, 0.4) is 0 Å². The molecule has 0 radical (unpaired) electrons. The molecule has 92 valence electrons. The van der Waals surface area contributed by atoms with Crippen LogP contribution in [0.4, 0.5) is 0 Å². The highest BCUT2D eigenvalue weighted by Gasteiger charge is 2.15. The van der Waals surface area contributed by atoms with Crippen LogP contribution in [-0.2, 0) is 0 Å². The number of amidine groups is 1. The maximum Gasteiger partial charge on any atom is 0.116 e. The topological polar surface area (TPSA) is 75.7 Å². The van der Waals surface area contributed by atoms with Crippen LogP contribution in [-0.4, -0.2) is 21.6 Å². The van der Waals surface area contributed by atoms with Crippen LogP contribution >= 0.6 is 11.8 Å². The van der Waals surface area contributed by atoms with Crippen molar-refractivity contribution in [3.05, 3.63) is 54.5 Å². The van der Waals surface area contributed by atoms with E-state index < -0.39 is 0 Å². The molecule has 2 aromatic rings. The van der Waals surface area contributed by atoms with Gasteiger partial charge in [0.05, 0.1) is 16.8 Å². The quantitative estimate of drug-likeness (QED) is 0.373. The van der Waals surface area contributed by atoms with Crippen molar-refractivity contribution in [1.82, 2.24) is 9.97 Å². The highest BCUT2D eigenvalue weighted by molar-refractivity contribution is 7.99. The van der Waals surface area contributed by atoms with Gasteiger partial charge in [-0.1, -0.05) is 30.3 Å². The molecule has 1 heterocycles. The molecule has 0 aliphatic carbocycles. The summed E-state index contributed by atoms with van der Waals surface area (Å²) in [5.41, 5.74) is 6.73. The van der Waals surface area contributed by atoms with E-state index in [0.717, 1.165) is 10.6 Å². The van der Waals surface area contributed by atoms with Crippen LogP contribution in [0.25, 0.3) is 0 Å². The minimum absolute atomic E-state index is 0.0776. The molecule has 0 aliphatic heterocycles. The van der Waals surface area contributed by atoms with Crippen LogP contribution < -0.4 is 5.73 Å². The predicted octanol–water partition coefficient (Wildman–Crippen LogP) is 2.29. The van der Waals surface area contributed by atoms with Gasteiger partial charge in [0.25, 0.3) is 0 Å². The summed E-state index contributed by atoms with van der Waals surface area (Å²) >= 11 is 1.58. The summed E-state index contributed by atoms with van der Waals surface area (Å²) in [7, 11) is 0. The van der Waals surface area contributed by atoms with Crippen molar-refractivity contribution >= 4 is 17.6 Å². The van der Waals surface area contributed by atoms with E-state index in [1.54, 1.807) is 18.0 Å². The monoisotopic (exact) mass is 258 g/mol. The molecule has 0 saturated carbocycles. The third-order valence-electron chi connectivity index (χ3n) is 2.53. The lowest BCUT2D eigenvalue weighted by Gasteiger charge is -2.14. The van der Waals surface area contributed by atoms with Gasteiger partial charge in [0, 0.05) is 11.9 Å². The number of hydrogen-bond donors (Lipinski definition) is 2. The number of hydrogen-bond acceptors (Lipinski definition) is 4. The molecule has 0 spiro atoms. The zero-order valence-corrected chi connectivity index (χ0v) is 10.6. The van der Waals surface area contributed by atoms with Crippen molar-refractivity contribution in [2.75, 3.05) is 5.75 Å². The third-order valence-corrected chi connectivity index (χ3v) is 3.57. The number of benzene rings is 1. The van der Waals surface area contributed by atoms with Crippen LogP contribution in [0, 0.1) is 5.41 Å². The van der Waals surface area contributed by atoms with Crippen molar-refractivity contribution in [3.8, 4) is 0 Å². The maximum atomic E-state index is 7.69. The van der Waals surface area contributed by atoms with Gasteiger partial charge in [-0.3, -0.25) is 5.41 Å². The number of nitrogens with zero attached hydrogens (tertiary/aromatic N) is 2. The van der Waals surface area contributed by atoms with Gasteiger partial charge in [-0.15, -0.1) is 11.8 Å². The Kier molecular flexibility index (Phi) is 4.30. The van der Waals surface area contributed by atoms with E-state index in [9.17, 15) is 0 Å². The lowest BCUT2D eigenvalue weighted by Crippen LogP contribution is -2.22. The molecule has 4 nitrogen and oxygen atoms in total. The van der Waals surface area contributed by atoms with E-state index in [4.69, 9.17) is 11.1 Å². The SMILES string of the molecule is N=C(N)C(CSc1ccncn1)c1ccccc1. The first-order valence-electron chi connectivity index (χ1n) is 5.55. The lowest BCUT2D eigenvalue weighted by molar-refractivity contribution is 0.993. The fraction of sp³-hybridized carbons (Fsp3) is 0.154. The van der Waals surface area contributed by atoms with Gasteiger partial charge in [-0.2, -0.15) is 0 Å². The number of nitrogens with one attached hydrogen (secondary N) is 1. The first-order chi connectivity index (χ1) is 8.77. The van der Waals surface area contributed by atoms with Gasteiger partial charge < -0.3 is 5.73 Å². The summed E-state index contributed by atoms with van der Waals surface area (Å²) in [6.45, 7) is 0. The molecule has 0 amide bonds. The molecule has 18 heavy (non-hydrogen) atoms. The molecule has 1 aromatic carbocycles. The molecule has 3 N–H and O–H groups in total. The minimum atomic E-state index is -0.0776. The summed E-state index contributed by atoms with van der Waals surface area (Å²) in [4.78, 5) is 8.02. The Hall–Kier alpha value is -1.88. The minimum Gasteiger partial charge on any atom is -0.387 e. The molecular formula is C13H14N4S. The van der Waals surface area contributed by atoms with Gasteiger partial charge >= 0.3 is 0 Å². The summed E-state index contributed by atoms with van der Waals surface area (Å²) in [6, 6.07) is 11.7. The number of thioether (sulfide) groups is 1. The maximum absolute atomic E-state index is 7.69. The summed E-state index contributed by atoms with van der Waals surface area (Å²) in [6.07, 6.45) is 3.23. The summed E-state index contributed by atoms with van der Waals surface area (Å²) in [5, 5.41) is 8.58. The number of aromatic nitrogens is 2. The highest BCUT2D eigenvalue weighted by Crippen LogP contribution is 2.24. The Labute approximate surface area is 110 Å². The molecule has 1 aromatic heterocycles. The second kappa shape index (κ2) is 6.16. The zero-order chi connectivity index (χ0) is 12.8. The van der Waals surface area contributed by atoms with Crippen molar-refractivity contribution in [1.29, 1.82) is 5.41 Å². The standard InChI is InChI=1S/C13H14N4S/c14-13(15)11(10-4-2-1-3-5-10)8-18-12-6-7-16-9-17-12/h1-7,9,11H,8H2,(H3,14,15). The Balaban J connectivity index is 2.06. The molecule has 0 fully saturated rings. The molecule has 2 rings (SSSR count). The van der Waals surface area contributed by atoms with E-state index in [1.165, 1.54) is 6.33 Å². The normalized spacial score (nSPS) is 12.0. The molecule has 0 saturated heterocycles. The van der Waals surface area contributed by atoms with Crippen LogP contribution in [0.5, 0.6) is 0 Å². The van der Waals surface area contributed by atoms with Crippen LogP contribution in [0.15, 0.2) is 53.9 Å². The third kappa shape index (κ3) is 3.30. The van der Waals surface area contributed by atoms with E-state index in [1.807, 2.05) is 36.4 Å². The van der Waals surface area contributed by atoms with Crippen LogP contribution in [0.1, 0.15) is 11.5 Å². The van der Waals surface area contributed by atoms with Crippen LogP contribution in [0.2, 0.25) is 0 Å². The molecule has 0 aliphatic rings. The molecule has 1 atom stereocenters. The van der Waals surface area contributed by atoms with E-state index in [2.05, 4.69) is 9.97 Å². The highest BCUT2D eigenvalue weighted by atomic mass is 32.2. The van der Waals surface area contributed by atoms with E-state index in [0.29, 0.717) is 5.75 Å². The summed E-state index contributed by atoms with van der Waals surface area (Å²) < 4.78 is 0. The predicted molar refractivity (Wildman–Crippen MR) is 73.9 cm³/mol. The smallest absolute Gasteiger partial charge is 0.116 e. The fourth-order valence-electron chi connectivity index (χ4n) is 1.58. The number of rotatable bonds is 5. The number of nitrogens with two attached hydrogens (primary N) is 1. The van der Waals surface area contributed by atoms with Gasteiger partial charge in [0.1, 0.15) is 6.33 Å². The first kappa shape index (κ1) is 12.6. The van der Waals surface area contributed by atoms with Crippen molar-refractivity contribution in [3.63, 3.8) is 0 Å². The second-order valence-electron chi connectivity index (χ2n) is 3.78. The zero-order valence-electron chi connectivity index (χ0n) is 9.78. The Morgan fingerprint density at radius 3 is 2.67 bits per heavy atom. The lowest BCUT2D eigenvalue weighted by atomic mass is 10.0. The first-order valence-corrected chi connectivity index (χ1v) is 6.53. The van der Waals surface area contributed by atoms with Crippen molar-refractivity contribution in [2.45, 2.75) is 10.9 Å². The van der Waals surface area contributed by atoms with E-state index >= 15 is 0 Å². The van der Waals surface area contributed by atoms with Gasteiger partial charge in [0.2, 0.25) is 0 Å². The average molecular weight is 258 g/mol. The van der Waals surface area contributed by atoms with Crippen molar-refractivity contribution < 1.29 is 0 Å². The molecular weight excluding hydrogens is 244 g/mol. The fourth-order valence-corrected chi connectivity index (χ4v) is 2.57. The van der Waals surface area contributed by atoms with Gasteiger partial charge in [-0.25, -0.2) is 9.97 Å². The Morgan fingerprint density at radius 1 is 1.28 bits per heavy atom. The van der Waals surface area contributed by atoms with Crippen molar-refractivity contribution in [2.24, 2.45) is 5.73 Å². The Bertz CT molecular complexity index is 501. The van der Waals surface area contributed by atoms with Gasteiger partial charge in [0.15, 0.2) is 0 Å². The average Bonchev–Trinajstić information content (AvgIpc) is 2.41. The molecule has 1 unspecified atom stereocenters. The second-order valence-corrected chi connectivity index (χ2v) is 4.82. The van der Waals surface area contributed by atoms with Gasteiger partial charge in [-0.05, 0) is 11.6 Å². The Morgan fingerprint density at radius 2 is 2.06 bits per heavy atom. The molecule has 5 heteroatoms. The van der Waals surface area contributed by atoms with E-state index in [-0.39, 0.29) is 11.8 Å².